The Morgan fingerprint density at radius 1 is 1.09 bits per heavy atom. The standard InChI is InChI=1S/C23H17Cl2N3O2S3/c24-16-5-1-14(2-6-16)11-19-22(30)28(23(31)33-19)10-9-20(29)26-12-21-27-18(13-32-21)15-3-7-17(25)8-4-15/h1-8,11,13H,9-10,12H2,(H,26,29)/b19-11-. The topological polar surface area (TPSA) is 62.3 Å². The molecule has 0 bridgehead atoms. The molecule has 0 saturated carbocycles. The average Bonchev–Trinajstić information content (AvgIpc) is 3.38. The van der Waals surface area contributed by atoms with Gasteiger partial charge in [-0.2, -0.15) is 0 Å². The minimum absolute atomic E-state index is 0.149. The molecule has 2 amide bonds. The van der Waals surface area contributed by atoms with Crippen molar-refractivity contribution in [3.63, 3.8) is 0 Å². The van der Waals surface area contributed by atoms with E-state index in [4.69, 9.17) is 35.4 Å². The molecular weight excluding hydrogens is 517 g/mol. The van der Waals surface area contributed by atoms with Crippen molar-refractivity contribution >= 4 is 80.7 Å². The van der Waals surface area contributed by atoms with Crippen LogP contribution in [0, 0.1) is 0 Å². The van der Waals surface area contributed by atoms with Crippen LogP contribution in [0.25, 0.3) is 17.3 Å². The summed E-state index contributed by atoms with van der Waals surface area (Å²) in [5.41, 5.74) is 2.67. The zero-order chi connectivity index (χ0) is 23.4. The Kier molecular flexibility index (Phi) is 7.82. The molecule has 1 saturated heterocycles. The molecular formula is C23H17Cl2N3O2S3. The molecule has 2 aromatic carbocycles. The molecule has 0 spiro atoms. The number of thiazole rings is 1. The van der Waals surface area contributed by atoms with Crippen molar-refractivity contribution in [1.82, 2.24) is 15.2 Å². The van der Waals surface area contributed by atoms with E-state index in [9.17, 15) is 9.59 Å². The zero-order valence-corrected chi connectivity index (χ0v) is 21.0. The summed E-state index contributed by atoms with van der Waals surface area (Å²) in [7, 11) is 0. The van der Waals surface area contributed by atoms with Crippen molar-refractivity contribution in [1.29, 1.82) is 0 Å². The molecule has 3 aromatic rings. The highest BCUT2D eigenvalue weighted by molar-refractivity contribution is 8.26. The van der Waals surface area contributed by atoms with Gasteiger partial charge in [-0.05, 0) is 35.9 Å². The van der Waals surface area contributed by atoms with Gasteiger partial charge < -0.3 is 5.32 Å². The lowest BCUT2D eigenvalue weighted by molar-refractivity contribution is -0.123. The number of nitrogens with zero attached hydrogens (tertiary/aromatic N) is 2. The number of amides is 2. The van der Waals surface area contributed by atoms with E-state index in [2.05, 4.69) is 10.3 Å². The number of halogens is 2. The molecule has 0 unspecified atom stereocenters. The largest absolute Gasteiger partial charge is 0.350 e. The fraction of sp³-hybridized carbons (Fsp3) is 0.130. The minimum Gasteiger partial charge on any atom is -0.350 e. The average molecular weight is 535 g/mol. The molecule has 4 rings (SSSR count). The Labute approximate surface area is 214 Å². The van der Waals surface area contributed by atoms with E-state index < -0.39 is 0 Å². The van der Waals surface area contributed by atoms with E-state index in [1.165, 1.54) is 28.0 Å². The van der Waals surface area contributed by atoms with Crippen molar-refractivity contribution in [3.8, 4) is 11.3 Å². The van der Waals surface area contributed by atoms with Gasteiger partial charge in [0.1, 0.15) is 9.33 Å². The number of hydrogen-bond acceptors (Lipinski definition) is 6. The summed E-state index contributed by atoms with van der Waals surface area (Å²) in [6.45, 7) is 0.550. The van der Waals surface area contributed by atoms with Crippen LogP contribution in [0.2, 0.25) is 10.0 Å². The molecule has 1 aromatic heterocycles. The van der Waals surface area contributed by atoms with Crippen LogP contribution in [0.5, 0.6) is 0 Å². The SMILES string of the molecule is O=C(CCN1C(=O)/C(=C/c2ccc(Cl)cc2)SC1=S)NCc1nc(-c2ccc(Cl)cc2)cs1. The number of carbonyl (C=O) groups is 2. The summed E-state index contributed by atoms with van der Waals surface area (Å²) in [6, 6.07) is 14.6. The van der Waals surface area contributed by atoms with Crippen LogP contribution in [-0.4, -0.2) is 32.6 Å². The van der Waals surface area contributed by atoms with Crippen LogP contribution in [0.3, 0.4) is 0 Å². The lowest BCUT2D eigenvalue weighted by atomic mass is 10.2. The van der Waals surface area contributed by atoms with Crippen molar-refractivity contribution < 1.29 is 9.59 Å². The first-order valence-corrected chi connectivity index (χ1v) is 12.7. The summed E-state index contributed by atoms with van der Waals surface area (Å²) < 4.78 is 0.445. The van der Waals surface area contributed by atoms with E-state index in [1.807, 2.05) is 41.8 Å². The second-order valence-electron chi connectivity index (χ2n) is 7.05. The molecule has 1 aliphatic heterocycles. The Morgan fingerprint density at radius 3 is 2.45 bits per heavy atom. The predicted molar refractivity (Wildman–Crippen MR) is 140 cm³/mol. The fourth-order valence-corrected chi connectivity index (χ4v) is 5.33. The second kappa shape index (κ2) is 10.8. The van der Waals surface area contributed by atoms with Crippen molar-refractivity contribution in [2.45, 2.75) is 13.0 Å². The van der Waals surface area contributed by atoms with Crippen molar-refractivity contribution in [3.05, 3.63) is 79.4 Å². The lowest BCUT2D eigenvalue weighted by Crippen LogP contribution is -2.33. The van der Waals surface area contributed by atoms with E-state index in [-0.39, 0.29) is 24.8 Å². The summed E-state index contributed by atoms with van der Waals surface area (Å²) in [6.07, 6.45) is 1.92. The van der Waals surface area contributed by atoms with Gasteiger partial charge in [-0.15, -0.1) is 11.3 Å². The summed E-state index contributed by atoms with van der Waals surface area (Å²) in [4.78, 5) is 31.6. The number of carbonyl (C=O) groups excluding carboxylic acids is 2. The molecule has 0 radical (unpaired) electrons. The van der Waals surface area contributed by atoms with Crippen molar-refractivity contribution in [2.24, 2.45) is 0 Å². The maximum atomic E-state index is 12.7. The van der Waals surface area contributed by atoms with Crippen LogP contribution >= 0.6 is 58.5 Å². The minimum atomic E-state index is -0.194. The number of thioether (sulfide) groups is 1. The third-order valence-corrected chi connectivity index (χ3v) is 7.46. The van der Waals surface area contributed by atoms with Gasteiger partial charge in [0.2, 0.25) is 5.91 Å². The summed E-state index contributed by atoms with van der Waals surface area (Å²) >= 11 is 19.9. The summed E-state index contributed by atoms with van der Waals surface area (Å²) in [5.74, 6) is -0.366. The first-order chi connectivity index (χ1) is 15.9. The molecule has 0 aliphatic carbocycles. The number of rotatable bonds is 7. The first kappa shape index (κ1) is 23.9. The Bertz CT molecular complexity index is 1220. The monoisotopic (exact) mass is 533 g/mol. The van der Waals surface area contributed by atoms with Gasteiger partial charge >= 0.3 is 0 Å². The van der Waals surface area contributed by atoms with Gasteiger partial charge in [-0.3, -0.25) is 14.5 Å². The van der Waals surface area contributed by atoms with Gasteiger partial charge in [0.25, 0.3) is 5.91 Å². The van der Waals surface area contributed by atoms with E-state index in [0.717, 1.165) is 21.8 Å². The van der Waals surface area contributed by atoms with Crippen LogP contribution in [0.4, 0.5) is 0 Å². The number of thiocarbonyl (C=S) groups is 1. The van der Waals surface area contributed by atoms with Crippen LogP contribution < -0.4 is 5.32 Å². The molecule has 33 heavy (non-hydrogen) atoms. The summed E-state index contributed by atoms with van der Waals surface area (Å²) in [5, 5.41) is 6.89. The highest BCUT2D eigenvalue weighted by Gasteiger charge is 2.32. The van der Waals surface area contributed by atoms with Gasteiger partial charge in [0.15, 0.2) is 0 Å². The molecule has 2 heterocycles. The Hall–Kier alpha value is -2.23. The second-order valence-corrected chi connectivity index (χ2v) is 10.5. The third kappa shape index (κ3) is 6.22. The van der Waals surface area contributed by atoms with Crippen LogP contribution in [-0.2, 0) is 16.1 Å². The van der Waals surface area contributed by atoms with Crippen LogP contribution in [0.15, 0.2) is 58.8 Å². The lowest BCUT2D eigenvalue weighted by Gasteiger charge is -2.13. The molecule has 5 nitrogen and oxygen atoms in total. The van der Waals surface area contributed by atoms with E-state index in [0.29, 0.717) is 25.8 Å². The van der Waals surface area contributed by atoms with Gasteiger partial charge in [0.05, 0.1) is 17.1 Å². The normalized spacial score (nSPS) is 14.8. The van der Waals surface area contributed by atoms with Gasteiger partial charge in [0, 0.05) is 34.0 Å². The highest BCUT2D eigenvalue weighted by atomic mass is 35.5. The Morgan fingerprint density at radius 2 is 1.76 bits per heavy atom. The molecule has 168 valence electrons. The Balaban J connectivity index is 1.28. The first-order valence-electron chi connectivity index (χ1n) is 9.87. The number of aromatic nitrogens is 1. The smallest absolute Gasteiger partial charge is 0.266 e. The van der Waals surface area contributed by atoms with Gasteiger partial charge in [-0.1, -0.05) is 71.4 Å². The third-order valence-electron chi connectivity index (χ3n) is 4.73. The fourth-order valence-electron chi connectivity index (χ4n) is 3.02. The van der Waals surface area contributed by atoms with E-state index in [1.54, 1.807) is 18.2 Å². The maximum Gasteiger partial charge on any atom is 0.266 e. The predicted octanol–water partition coefficient (Wildman–Crippen LogP) is 6.02. The quantitative estimate of drug-likeness (QED) is 0.297. The number of nitrogens with one attached hydrogen (secondary N) is 1. The van der Waals surface area contributed by atoms with E-state index >= 15 is 0 Å². The number of benzene rings is 2. The number of hydrogen-bond donors (Lipinski definition) is 1. The molecule has 1 aliphatic rings. The highest BCUT2D eigenvalue weighted by Crippen LogP contribution is 2.32. The molecule has 0 atom stereocenters. The molecule has 1 fully saturated rings. The van der Waals surface area contributed by atoms with Crippen LogP contribution in [0.1, 0.15) is 17.0 Å². The zero-order valence-electron chi connectivity index (χ0n) is 17.1. The molecule has 1 N–H and O–H groups in total. The molecule has 10 heteroatoms. The van der Waals surface area contributed by atoms with Gasteiger partial charge in [-0.25, -0.2) is 4.98 Å². The maximum absolute atomic E-state index is 12.7. The van der Waals surface area contributed by atoms with Crippen molar-refractivity contribution in [2.75, 3.05) is 6.54 Å².